The van der Waals surface area contributed by atoms with Crippen molar-refractivity contribution in [2.45, 2.75) is 51.5 Å². The third-order valence-corrected chi connectivity index (χ3v) is 2.89. The largest absolute Gasteiger partial charge is 0.380 e. The SMILES string of the molecule is CCCC(C)CC1(N)CCCOC1. The second kappa shape index (κ2) is 4.97. The lowest BCUT2D eigenvalue weighted by Gasteiger charge is -2.35. The Hall–Kier alpha value is -0.0800. The zero-order valence-electron chi connectivity index (χ0n) is 9.01. The average molecular weight is 185 g/mol. The van der Waals surface area contributed by atoms with Crippen LogP contribution in [0.15, 0.2) is 0 Å². The van der Waals surface area contributed by atoms with Crippen molar-refractivity contribution in [2.75, 3.05) is 13.2 Å². The Balaban J connectivity index is 2.31. The highest BCUT2D eigenvalue weighted by Gasteiger charge is 2.29. The van der Waals surface area contributed by atoms with Gasteiger partial charge >= 0.3 is 0 Å². The molecule has 2 N–H and O–H groups in total. The summed E-state index contributed by atoms with van der Waals surface area (Å²) in [4.78, 5) is 0. The molecular formula is C11H23NO. The molecule has 1 saturated heterocycles. The van der Waals surface area contributed by atoms with Crippen LogP contribution in [0.4, 0.5) is 0 Å². The standard InChI is InChI=1S/C11H23NO/c1-3-5-10(2)8-11(12)6-4-7-13-9-11/h10H,3-9,12H2,1-2H3. The van der Waals surface area contributed by atoms with Gasteiger partial charge in [0.2, 0.25) is 0 Å². The minimum Gasteiger partial charge on any atom is -0.380 e. The molecular weight excluding hydrogens is 162 g/mol. The van der Waals surface area contributed by atoms with E-state index in [1.54, 1.807) is 0 Å². The Morgan fingerprint density at radius 1 is 1.54 bits per heavy atom. The molecule has 0 aromatic carbocycles. The molecule has 0 amide bonds. The van der Waals surface area contributed by atoms with E-state index in [9.17, 15) is 0 Å². The van der Waals surface area contributed by atoms with Crippen molar-refractivity contribution in [3.8, 4) is 0 Å². The average Bonchev–Trinajstić information content (AvgIpc) is 2.04. The molecule has 1 aliphatic rings. The van der Waals surface area contributed by atoms with Gasteiger partial charge in [0.25, 0.3) is 0 Å². The molecule has 0 radical (unpaired) electrons. The first-order chi connectivity index (χ1) is 6.16. The van der Waals surface area contributed by atoms with Crippen LogP contribution in [0.3, 0.4) is 0 Å². The minimum atomic E-state index is -0.0210. The highest BCUT2D eigenvalue weighted by Crippen LogP contribution is 2.25. The Labute approximate surface area is 81.8 Å². The normalized spacial score (nSPS) is 31.6. The number of rotatable bonds is 4. The summed E-state index contributed by atoms with van der Waals surface area (Å²) in [7, 11) is 0. The van der Waals surface area contributed by atoms with Crippen molar-refractivity contribution in [2.24, 2.45) is 11.7 Å². The molecule has 78 valence electrons. The van der Waals surface area contributed by atoms with Crippen molar-refractivity contribution in [3.05, 3.63) is 0 Å². The number of nitrogens with two attached hydrogens (primary N) is 1. The molecule has 0 bridgehead atoms. The fraction of sp³-hybridized carbons (Fsp3) is 1.00. The van der Waals surface area contributed by atoms with Gasteiger partial charge in [0.05, 0.1) is 6.61 Å². The third-order valence-electron chi connectivity index (χ3n) is 2.89. The Morgan fingerprint density at radius 2 is 2.31 bits per heavy atom. The van der Waals surface area contributed by atoms with Crippen LogP contribution in [0.2, 0.25) is 0 Å². The first-order valence-corrected chi connectivity index (χ1v) is 5.53. The lowest BCUT2D eigenvalue weighted by molar-refractivity contribution is 0.0278. The summed E-state index contributed by atoms with van der Waals surface area (Å²) >= 11 is 0. The predicted molar refractivity (Wildman–Crippen MR) is 55.7 cm³/mol. The molecule has 1 fully saturated rings. The van der Waals surface area contributed by atoms with Gasteiger partial charge in [0, 0.05) is 12.1 Å². The van der Waals surface area contributed by atoms with E-state index in [4.69, 9.17) is 10.5 Å². The van der Waals surface area contributed by atoms with Crippen molar-refractivity contribution in [1.82, 2.24) is 0 Å². The van der Waals surface area contributed by atoms with Crippen LogP contribution < -0.4 is 5.73 Å². The molecule has 2 unspecified atom stereocenters. The maximum atomic E-state index is 6.27. The van der Waals surface area contributed by atoms with E-state index in [2.05, 4.69) is 13.8 Å². The zero-order valence-corrected chi connectivity index (χ0v) is 9.01. The second-order valence-corrected chi connectivity index (χ2v) is 4.62. The fourth-order valence-corrected chi connectivity index (χ4v) is 2.32. The molecule has 2 nitrogen and oxygen atoms in total. The van der Waals surface area contributed by atoms with Gasteiger partial charge in [-0.15, -0.1) is 0 Å². The summed E-state index contributed by atoms with van der Waals surface area (Å²) in [5.41, 5.74) is 6.24. The van der Waals surface area contributed by atoms with Crippen LogP contribution >= 0.6 is 0 Å². The summed E-state index contributed by atoms with van der Waals surface area (Å²) in [5, 5.41) is 0. The van der Waals surface area contributed by atoms with Gasteiger partial charge in [0.15, 0.2) is 0 Å². The molecule has 1 rings (SSSR count). The highest BCUT2D eigenvalue weighted by atomic mass is 16.5. The minimum absolute atomic E-state index is 0.0210. The Morgan fingerprint density at radius 3 is 2.85 bits per heavy atom. The molecule has 13 heavy (non-hydrogen) atoms. The van der Waals surface area contributed by atoms with E-state index >= 15 is 0 Å². The summed E-state index contributed by atoms with van der Waals surface area (Å²) in [5.74, 6) is 0.747. The molecule has 2 atom stereocenters. The quantitative estimate of drug-likeness (QED) is 0.729. The van der Waals surface area contributed by atoms with Gasteiger partial charge in [0.1, 0.15) is 0 Å². The molecule has 0 aromatic heterocycles. The summed E-state index contributed by atoms with van der Waals surface area (Å²) < 4.78 is 5.44. The summed E-state index contributed by atoms with van der Waals surface area (Å²) in [6.45, 7) is 6.20. The van der Waals surface area contributed by atoms with E-state index in [0.29, 0.717) is 0 Å². The maximum absolute atomic E-state index is 6.27. The first kappa shape index (κ1) is 11.0. The van der Waals surface area contributed by atoms with Crippen LogP contribution in [0.25, 0.3) is 0 Å². The van der Waals surface area contributed by atoms with Crippen molar-refractivity contribution in [3.63, 3.8) is 0 Å². The highest BCUT2D eigenvalue weighted by molar-refractivity contribution is 4.87. The van der Waals surface area contributed by atoms with Gasteiger partial charge in [-0.3, -0.25) is 0 Å². The predicted octanol–water partition coefficient (Wildman–Crippen LogP) is 2.32. The summed E-state index contributed by atoms with van der Waals surface area (Å²) in [6, 6.07) is 0. The van der Waals surface area contributed by atoms with E-state index < -0.39 is 0 Å². The molecule has 0 aromatic rings. The van der Waals surface area contributed by atoms with Crippen molar-refractivity contribution < 1.29 is 4.74 Å². The monoisotopic (exact) mass is 185 g/mol. The Kier molecular flexibility index (Phi) is 4.20. The van der Waals surface area contributed by atoms with Crippen LogP contribution in [0.1, 0.15) is 46.0 Å². The number of hydrogen-bond donors (Lipinski definition) is 1. The molecule has 2 heteroatoms. The van der Waals surface area contributed by atoms with Gasteiger partial charge in [-0.05, 0) is 25.2 Å². The van der Waals surface area contributed by atoms with Crippen molar-refractivity contribution >= 4 is 0 Å². The molecule has 0 spiro atoms. The second-order valence-electron chi connectivity index (χ2n) is 4.62. The van der Waals surface area contributed by atoms with E-state index in [0.717, 1.165) is 38.4 Å². The topological polar surface area (TPSA) is 35.2 Å². The fourth-order valence-electron chi connectivity index (χ4n) is 2.32. The molecule has 1 heterocycles. The zero-order chi connectivity index (χ0) is 9.73. The van der Waals surface area contributed by atoms with Gasteiger partial charge in [-0.2, -0.15) is 0 Å². The molecule has 0 saturated carbocycles. The van der Waals surface area contributed by atoms with Crippen LogP contribution in [-0.4, -0.2) is 18.8 Å². The van der Waals surface area contributed by atoms with E-state index in [1.807, 2.05) is 0 Å². The van der Waals surface area contributed by atoms with Crippen LogP contribution in [0.5, 0.6) is 0 Å². The molecule has 0 aliphatic carbocycles. The number of hydrogen-bond acceptors (Lipinski definition) is 2. The third kappa shape index (κ3) is 3.65. The van der Waals surface area contributed by atoms with Crippen molar-refractivity contribution in [1.29, 1.82) is 0 Å². The Bertz CT molecular complexity index is 141. The lowest BCUT2D eigenvalue weighted by Crippen LogP contribution is -2.48. The van der Waals surface area contributed by atoms with E-state index in [-0.39, 0.29) is 5.54 Å². The summed E-state index contributed by atoms with van der Waals surface area (Å²) in [6.07, 6.45) is 5.95. The molecule has 1 aliphatic heterocycles. The van der Waals surface area contributed by atoms with Gasteiger partial charge in [-0.25, -0.2) is 0 Å². The van der Waals surface area contributed by atoms with Gasteiger partial charge in [-0.1, -0.05) is 26.7 Å². The lowest BCUT2D eigenvalue weighted by atomic mass is 9.83. The first-order valence-electron chi connectivity index (χ1n) is 5.53. The van der Waals surface area contributed by atoms with Crippen LogP contribution in [0, 0.1) is 5.92 Å². The van der Waals surface area contributed by atoms with E-state index in [1.165, 1.54) is 12.8 Å². The smallest absolute Gasteiger partial charge is 0.0646 e. The number of ether oxygens (including phenoxy) is 1. The maximum Gasteiger partial charge on any atom is 0.0646 e. The van der Waals surface area contributed by atoms with Crippen LogP contribution in [-0.2, 0) is 4.74 Å². The van der Waals surface area contributed by atoms with Gasteiger partial charge < -0.3 is 10.5 Å².